The van der Waals surface area contributed by atoms with E-state index in [1.54, 1.807) is 24.3 Å². The zero-order chi connectivity index (χ0) is 13.8. The number of hydrogen-bond donors (Lipinski definition) is 2. The van der Waals surface area contributed by atoms with E-state index in [2.05, 4.69) is 10.3 Å². The first kappa shape index (κ1) is 13.4. The van der Waals surface area contributed by atoms with Crippen LogP contribution in [-0.4, -0.2) is 10.9 Å². The summed E-state index contributed by atoms with van der Waals surface area (Å²) in [5.41, 5.74) is 7.41. The molecule has 0 aliphatic rings. The molecular formula is C14H14ClN3O. The Morgan fingerprint density at radius 3 is 2.63 bits per heavy atom. The number of anilines is 1. The molecule has 4 nitrogen and oxygen atoms in total. The van der Waals surface area contributed by atoms with Crippen LogP contribution in [0.15, 0.2) is 42.6 Å². The molecule has 3 N–H and O–H groups in total. The quantitative estimate of drug-likeness (QED) is 0.905. The van der Waals surface area contributed by atoms with Gasteiger partial charge in [0.15, 0.2) is 0 Å². The maximum absolute atomic E-state index is 12.0. The number of nitrogens with one attached hydrogen (secondary N) is 1. The average molecular weight is 276 g/mol. The Balaban J connectivity index is 2.08. The number of amides is 1. The molecule has 1 aromatic carbocycles. The van der Waals surface area contributed by atoms with E-state index in [9.17, 15) is 4.79 Å². The van der Waals surface area contributed by atoms with Gasteiger partial charge in [-0.3, -0.25) is 9.78 Å². The summed E-state index contributed by atoms with van der Waals surface area (Å²) >= 11 is 5.82. The van der Waals surface area contributed by atoms with Crippen LogP contribution in [0.1, 0.15) is 29.0 Å². The molecular weight excluding hydrogens is 262 g/mol. The van der Waals surface area contributed by atoms with E-state index in [0.717, 1.165) is 5.56 Å². The fraction of sp³-hybridized carbons (Fsp3) is 0.143. The molecule has 98 valence electrons. The summed E-state index contributed by atoms with van der Waals surface area (Å²) in [6, 6.07) is 10.4. The van der Waals surface area contributed by atoms with E-state index in [4.69, 9.17) is 17.3 Å². The molecule has 0 saturated carbocycles. The lowest BCUT2D eigenvalue weighted by molar-refractivity contribution is 0.0935. The molecule has 2 rings (SSSR count). The van der Waals surface area contributed by atoms with E-state index in [1.165, 1.54) is 6.20 Å². The summed E-state index contributed by atoms with van der Waals surface area (Å²) in [6.45, 7) is 1.90. The van der Waals surface area contributed by atoms with Gasteiger partial charge in [-0.1, -0.05) is 23.7 Å². The fourth-order valence-electron chi connectivity index (χ4n) is 1.68. The first-order valence-electron chi connectivity index (χ1n) is 5.84. The van der Waals surface area contributed by atoms with Gasteiger partial charge in [-0.05, 0) is 36.8 Å². The van der Waals surface area contributed by atoms with E-state index < -0.39 is 0 Å². The van der Waals surface area contributed by atoms with E-state index in [1.807, 2.05) is 19.1 Å². The predicted molar refractivity (Wildman–Crippen MR) is 76.0 cm³/mol. The minimum atomic E-state index is -0.255. The number of nitrogens with zero attached hydrogens (tertiary/aromatic N) is 1. The number of nitrogen functional groups attached to an aromatic ring is 1. The molecule has 1 atom stereocenters. The van der Waals surface area contributed by atoms with Crippen LogP contribution in [0.3, 0.4) is 0 Å². The van der Waals surface area contributed by atoms with E-state index >= 15 is 0 Å². The van der Waals surface area contributed by atoms with Crippen molar-refractivity contribution in [2.75, 3.05) is 5.73 Å². The summed E-state index contributed by atoms with van der Waals surface area (Å²) in [7, 11) is 0. The number of carbonyl (C=O) groups is 1. The predicted octanol–water partition coefficient (Wildman–Crippen LogP) is 2.81. The van der Waals surface area contributed by atoms with Gasteiger partial charge in [-0.2, -0.15) is 0 Å². The summed E-state index contributed by atoms with van der Waals surface area (Å²) in [6.07, 6.45) is 1.51. The molecule has 0 bridgehead atoms. The summed E-state index contributed by atoms with van der Waals surface area (Å²) < 4.78 is 0. The second-order valence-electron chi connectivity index (χ2n) is 4.22. The van der Waals surface area contributed by atoms with Gasteiger partial charge in [0.25, 0.3) is 5.91 Å². The van der Waals surface area contributed by atoms with Gasteiger partial charge >= 0.3 is 0 Å². The van der Waals surface area contributed by atoms with Gasteiger partial charge in [0.1, 0.15) is 5.69 Å². The molecule has 0 radical (unpaired) electrons. The molecule has 1 amide bonds. The standard InChI is InChI=1S/C14H14ClN3O/c1-9(10-2-4-11(15)5-3-10)18-14(19)13-8-12(16)6-7-17-13/h2-9H,1H3,(H2,16,17)(H,18,19). The lowest BCUT2D eigenvalue weighted by atomic mass is 10.1. The Morgan fingerprint density at radius 1 is 1.32 bits per heavy atom. The van der Waals surface area contributed by atoms with Gasteiger partial charge in [-0.15, -0.1) is 0 Å². The van der Waals surface area contributed by atoms with Crippen molar-refractivity contribution < 1.29 is 4.79 Å². The number of carbonyl (C=O) groups excluding carboxylic acids is 1. The Morgan fingerprint density at radius 2 is 2.00 bits per heavy atom. The molecule has 2 aromatic rings. The Hall–Kier alpha value is -2.07. The van der Waals surface area contributed by atoms with Crippen molar-refractivity contribution in [3.63, 3.8) is 0 Å². The van der Waals surface area contributed by atoms with Crippen molar-refractivity contribution in [1.82, 2.24) is 10.3 Å². The monoisotopic (exact) mass is 275 g/mol. The topological polar surface area (TPSA) is 68.0 Å². The highest BCUT2D eigenvalue weighted by atomic mass is 35.5. The van der Waals surface area contributed by atoms with Crippen molar-refractivity contribution in [3.05, 3.63) is 58.9 Å². The van der Waals surface area contributed by atoms with Gasteiger partial charge < -0.3 is 11.1 Å². The normalized spacial score (nSPS) is 11.9. The van der Waals surface area contributed by atoms with Crippen molar-refractivity contribution in [2.45, 2.75) is 13.0 Å². The van der Waals surface area contributed by atoms with Crippen LogP contribution in [0.25, 0.3) is 0 Å². The number of nitrogens with two attached hydrogens (primary N) is 1. The van der Waals surface area contributed by atoms with Crippen LogP contribution in [0, 0.1) is 0 Å². The number of pyridine rings is 1. The van der Waals surface area contributed by atoms with Crippen LogP contribution >= 0.6 is 11.6 Å². The molecule has 0 aliphatic carbocycles. The maximum atomic E-state index is 12.0. The van der Waals surface area contributed by atoms with E-state index in [-0.39, 0.29) is 11.9 Å². The molecule has 0 saturated heterocycles. The zero-order valence-corrected chi connectivity index (χ0v) is 11.2. The number of benzene rings is 1. The molecule has 5 heteroatoms. The molecule has 19 heavy (non-hydrogen) atoms. The molecule has 1 heterocycles. The first-order chi connectivity index (χ1) is 9.06. The first-order valence-corrected chi connectivity index (χ1v) is 6.22. The van der Waals surface area contributed by atoms with Crippen LogP contribution < -0.4 is 11.1 Å². The minimum absolute atomic E-state index is 0.131. The molecule has 1 aromatic heterocycles. The van der Waals surface area contributed by atoms with E-state index in [0.29, 0.717) is 16.4 Å². The average Bonchev–Trinajstić information content (AvgIpc) is 2.39. The minimum Gasteiger partial charge on any atom is -0.399 e. The highest BCUT2D eigenvalue weighted by Gasteiger charge is 2.12. The Kier molecular flexibility index (Phi) is 4.02. The molecule has 1 unspecified atom stereocenters. The summed E-state index contributed by atoms with van der Waals surface area (Å²) in [5, 5.41) is 3.53. The largest absolute Gasteiger partial charge is 0.399 e. The van der Waals surface area contributed by atoms with Gasteiger partial charge in [0.05, 0.1) is 6.04 Å². The zero-order valence-electron chi connectivity index (χ0n) is 10.4. The SMILES string of the molecule is CC(NC(=O)c1cc(N)ccn1)c1ccc(Cl)cc1. The van der Waals surface area contributed by atoms with Crippen LogP contribution in [0.4, 0.5) is 5.69 Å². The van der Waals surface area contributed by atoms with Crippen molar-refractivity contribution in [2.24, 2.45) is 0 Å². The maximum Gasteiger partial charge on any atom is 0.270 e. The number of halogens is 1. The van der Waals surface area contributed by atoms with Crippen LogP contribution in [-0.2, 0) is 0 Å². The molecule has 0 fully saturated rings. The lowest BCUT2D eigenvalue weighted by Gasteiger charge is -2.14. The second kappa shape index (κ2) is 5.71. The smallest absolute Gasteiger partial charge is 0.270 e. The Labute approximate surface area is 116 Å². The number of rotatable bonds is 3. The fourth-order valence-corrected chi connectivity index (χ4v) is 1.80. The Bertz CT molecular complexity index is 583. The summed E-state index contributed by atoms with van der Waals surface area (Å²) in [5.74, 6) is -0.255. The second-order valence-corrected chi connectivity index (χ2v) is 4.66. The number of hydrogen-bond acceptors (Lipinski definition) is 3. The highest BCUT2D eigenvalue weighted by molar-refractivity contribution is 6.30. The molecule has 0 spiro atoms. The summed E-state index contributed by atoms with van der Waals surface area (Å²) in [4.78, 5) is 16.0. The third-order valence-electron chi connectivity index (χ3n) is 2.73. The van der Waals surface area contributed by atoms with Crippen molar-refractivity contribution in [3.8, 4) is 0 Å². The van der Waals surface area contributed by atoms with Gasteiger partial charge in [0, 0.05) is 16.9 Å². The van der Waals surface area contributed by atoms with Gasteiger partial charge in [0.2, 0.25) is 0 Å². The lowest BCUT2D eigenvalue weighted by Crippen LogP contribution is -2.27. The van der Waals surface area contributed by atoms with Crippen molar-refractivity contribution >= 4 is 23.2 Å². The number of aromatic nitrogens is 1. The third kappa shape index (κ3) is 3.45. The van der Waals surface area contributed by atoms with Crippen LogP contribution in [0.2, 0.25) is 5.02 Å². The van der Waals surface area contributed by atoms with Gasteiger partial charge in [-0.25, -0.2) is 0 Å². The van der Waals surface area contributed by atoms with Crippen LogP contribution in [0.5, 0.6) is 0 Å². The molecule has 0 aliphatic heterocycles. The highest BCUT2D eigenvalue weighted by Crippen LogP contribution is 2.16. The van der Waals surface area contributed by atoms with Crippen molar-refractivity contribution in [1.29, 1.82) is 0 Å². The third-order valence-corrected chi connectivity index (χ3v) is 2.99.